The summed E-state index contributed by atoms with van der Waals surface area (Å²) in [5.41, 5.74) is 2.96. The van der Waals surface area contributed by atoms with E-state index in [2.05, 4.69) is 10.1 Å². The number of fused-ring (bicyclic) bond motifs is 1. The van der Waals surface area contributed by atoms with Crippen molar-refractivity contribution in [3.05, 3.63) is 40.5 Å². The quantitative estimate of drug-likeness (QED) is 0.806. The monoisotopic (exact) mass is 285 g/mol. The minimum absolute atomic E-state index is 0.144. The second-order valence-electron chi connectivity index (χ2n) is 5.16. The predicted molar refractivity (Wildman–Crippen MR) is 75.1 cm³/mol. The zero-order chi connectivity index (χ0) is 15.1. The van der Waals surface area contributed by atoms with Gasteiger partial charge in [0.15, 0.2) is 5.82 Å². The maximum Gasteiger partial charge on any atom is 0.299 e. The third kappa shape index (κ3) is 2.12. The molecule has 3 rings (SSSR count). The fourth-order valence-electron chi connectivity index (χ4n) is 2.62. The highest BCUT2D eigenvalue weighted by molar-refractivity contribution is 6.52. The first-order valence-electron chi connectivity index (χ1n) is 6.80. The van der Waals surface area contributed by atoms with Crippen molar-refractivity contribution in [2.75, 3.05) is 4.90 Å². The van der Waals surface area contributed by atoms with Crippen LogP contribution in [0.15, 0.2) is 16.7 Å². The van der Waals surface area contributed by atoms with Crippen molar-refractivity contribution in [2.45, 2.75) is 33.7 Å². The first-order valence-corrected chi connectivity index (χ1v) is 6.80. The van der Waals surface area contributed by atoms with Gasteiger partial charge >= 0.3 is 0 Å². The first-order chi connectivity index (χ1) is 10.0. The summed E-state index contributed by atoms with van der Waals surface area (Å²) in [7, 11) is 0. The van der Waals surface area contributed by atoms with E-state index in [0.29, 0.717) is 29.4 Å². The zero-order valence-electron chi connectivity index (χ0n) is 12.1. The van der Waals surface area contributed by atoms with Crippen molar-refractivity contribution in [3.8, 4) is 0 Å². The van der Waals surface area contributed by atoms with Crippen LogP contribution >= 0.6 is 0 Å². The molecule has 0 radical (unpaired) electrons. The summed E-state index contributed by atoms with van der Waals surface area (Å²) < 4.78 is 5.04. The number of hydrogen-bond acceptors (Lipinski definition) is 5. The molecular weight excluding hydrogens is 270 g/mol. The summed E-state index contributed by atoms with van der Waals surface area (Å²) in [6.07, 6.45) is 0.634. The van der Waals surface area contributed by atoms with Gasteiger partial charge in [-0.3, -0.25) is 14.5 Å². The molecule has 1 aliphatic heterocycles. The number of amides is 1. The molecule has 2 aromatic rings. The van der Waals surface area contributed by atoms with Gasteiger partial charge in [-0.2, -0.15) is 4.98 Å². The molecule has 0 N–H and O–H groups in total. The van der Waals surface area contributed by atoms with Crippen LogP contribution in [0.2, 0.25) is 0 Å². The Morgan fingerprint density at radius 3 is 2.67 bits per heavy atom. The van der Waals surface area contributed by atoms with Gasteiger partial charge in [-0.05, 0) is 31.0 Å². The Hall–Kier alpha value is -2.50. The van der Waals surface area contributed by atoms with E-state index in [4.69, 9.17) is 4.52 Å². The summed E-state index contributed by atoms with van der Waals surface area (Å²) >= 11 is 0. The Morgan fingerprint density at radius 1 is 1.24 bits per heavy atom. The van der Waals surface area contributed by atoms with Crippen LogP contribution in [-0.4, -0.2) is 21.8 Å². The summed E-state index contributed by atoms with van der Waals surface area (Å²) in [5.74, 6) is -0.0952. The second-order valence-corrected chi connectivity index (χ2v) is 5.16. The van der Waals surface area contributed by atoms with Crippen LogP contribution in [0.1, 0.15) is 40.1 Å². The number of hydrogen-bond donors (Lipinski definition) is 0. The van der Waals surface area contributed by atoms with Crippen molar-refractivity contribution >= 4 is 17.4 Å². The number of aryl methyl sites for hydroxylation is 3. The normalized spacial score (nSPS) is 14.0. The van der Waals surface area contributed by atoms with Gasteiger partial charge < -0.3 is 4.52 Å². The molecule has 6 nitrogen and oxygen atoms in total. The molecule has 0 aliphatic carbocycles. The first kappa shape index (κ1) is 13.5. The number of ketones is 1. The molecule has 1 aromatic carbocycles. The van der Waals surface area contributed by atoms with Crippen molar-refractivity contribution in [1.82, 2.24) is 10.1 Å². The van der Waals surface area contributed by atoms with Crippen LogP contribution in [-0.2, 0) is 17.8 Å². The Bertz CT molecular complexity index is 749. The van der Waals surface area contributed by atoms with Crippen LogP contribution in [0, 0.1) is 13.8 Å². The second kappa shape index (κ2) is 4.80. The lowest BCUT2D eigenvalue weighted by Crippen LogP contribution is -2.30. The summed E-state index contributed by atoms with van der Waals surface area (Å²) in [6, 6.07) is 3.70. The van der Waals surface area contributed by atoms with Crippen molar-refractivity contribution in [2.24, 2.45) is 0 Å². The molecule has 6 heteroatoms. The van der Waals surface area contributed by atoms with Crippen LogP contribution in [0.3, 0.4) is 0 Å². The highest BCUT2D eigenvalue weighted by Gasteiger charge is 2.37. The largest absolute Gasteiger partial charge is 0.339 e. The van der Waals surface area contributed by atoms with Gasteiger partial charge in [-0.1, -0.05) is 18.1 Å². The molecule has 21 heavy (non-hydrogen) atoms. The van der Waals surface area contributed by atoms with E-state index in [-0.39, 0.29) is 6.54 Å². The molecule has 0 saturated carbocycles. The molecule has 0 bridgehead atoms. The molecule has 108 valence electrons. The maximum absolute atomic E-state index is 12.2. The van der Waals surface area contributed by atoms with E-state index in [0.717, 1.165) is 11.1 Å². The smallest absolute Gasteiger partial charge is 0.299 e. The molecule has 1 amide bonds. The van der Waals surface area contributed by atoms with Gasteiger partial charge in [0.2, 0.25) is 5.89 Å². The highest BCUT2D eigenvalue weighted by atomic mass is 16.5. The van der Waals surface area contributed by atoms with Gasteiger partial charge in [0, 0.05) is 6.42 Å². The predicted octanol–water partition coefficient (Wildman–Crippen LogP) is 1.98. The average Bonchev–Trinajstić information content (AvgIpc) is 2.98. The van der Waals surface area contributed by atoms with Gasteiger partial charge in [-0.25, -0.2) is 0 Å². The zero-order valence-corrected chi connectivity index (χ0v) is 12.1. The summed E-state index contributed by atoms with van der Waals surface area (Å²) in [6.45, 7) is 5.84. The van der Waals surface area contributed by atoms with Crippen molar-refractivity contribution < 1.29 is 14.1 Å². The lowest BCUT2D eigenvalue weighted by atomic mass is 10.0. The molecule has 0 unspecified atom stereocenters. The van der Waals surface area contributed by atoms with Crippen LogP contribution in [0.5, 0.6) is 0 Å². The summed E-state index contributed by atoms with van der Waals surface area (Å²) in [5, 5.41) is 3.84. The minimum atomic E-state index is -0.540. The lowest BCUT2D eigenvalue weighted by molar-refractivity contribution is -0.114. The standard InChI is InChI=1S/C15H15N3O3/c1-4-12-16-11(17-21-12)7-18-13-9(3)5-8(2)6-10(13)14(19)15(18)20/h5-6H,4,7H2,1-3H3. The van der Waals surface area contributed by atoms with Crippen LogP contribution < -0.4 is 4.90 Å². The Balaban J connectivity index is 2.01. The maximum atomic E-state index is 12.2. The van der Waals surface area contributed by atoms with Crippen LogP contribution in [0.4, 0.5) is 5.69 Å². The molecule has 1 aromatic heterocycles. The van der Waals surface area contributed by atoms with Crippen molar-refractivity contribution in [3.63, 3.8) is 0 Å². The third-order valence-electron chi connectivity index (χ3n) is 3.51. The van der Waals surface area contributed by atoms with E-state index in [9.17, 15) is 9.59 Å². The Morgan fingerprint density at radius 2 is 2.00 bits per heavy atom. The molecule has 0 atom stereocenters. The number of Topliss-reactive ketones (excluding diaryl/α,β-unsaturated/α-hetero) is 1. The van der Waals surface area contributed by atoms with E-state index in [1.165, 1.54) is 4.90 Å². The van der Waals surface area contributed by atoms with Crippen molar-refractivity contribution in [1.29, 1.82) is 0 Å². The molecule has 0 saturated heterocycles. The van der Waals surface area contributed by atoms with E-state index >= 15 is 0 Å². The minimum Gasteiger partial charge on any atom is -0.339 e. The number of carbonyl (C=O) groups excluding carboxylic acids is 2. The summed E-state index contributed by atoms with van der Waals surface area (Å²) in [4.78, 5) is 29.9. The Kier molecular flexibility index (Phi) is 3.08. The fourth-order valence-corrected chi connectivity index (χ4v) is 2.62. The number of carbonyl (C=O) groups is 2. The number of benzene rings is 1. The van der Waals surface area contributed by atoms with E-state index in [1.54, 1.807) is 6.07 Å². The molecular formula is C15H15N3O3. The van der Waals surface area contributed by atoms with E-state index in [1.807, 2.05) is 26.8 Å². The molecule has 1 aliphatic rings. The van der Waals surface area contributed by atoms with Gasteiger partial charge in [0.05, 0.1) is 17.8 Å². The fraction of sp³-hybridized carbons (Fsp3) is 0.333. The molecule has 2 heterocycles. The lowest BCUT2D eigenvalue weighted by Gasteiger charge is -2.16. The third-order valence-corrected chi connectivity index (χ3v) is 3.51. The number of nitrogens with zero attached hydrogens (tertiary/aromatic N) is 3. The average molecular weight is 285 g/mol. The number of anilines is 1. The SMILES string of the molecule is CCc1nc(CN2C(=O)C(=O)c3cc(C)cc(C)c32)no1. The van der Waals surface area contributed by atoms with E-state index < -0.39 is 11.7 Å². The topological polar surface area (TPSA) is 76.3 Å². The van der Waals surface area contributed by atoms with Gasteiger partial charge in [0.1, 0.15) is 0 Å². The van der Waals surface area contributed by atoms with Gasteiger partial charge in [0.25, 0.3) is 11.7 Å². The Labute approximate surface area is 121 Å². The van der Waals surface area contributed by atoms with Crippen LogP contribution in [0.25, 0.3) is 0 Å². The number of aromatic nitrogens is 2. The van der Waals surface area contributed by atoms with Gasteiger partial charge in [-0.15, -0.1) is 0 Å². The molecule has 0 fully saturated rings. The highest BCUT2D eigenvalue weighted by Crippen LogP contribution is 2.34. The molecule has 0 spiro atoms. The number of rotatable bonds is 3.